The van der Waals surface area contributed by atoms with Crippen LogP contribution in [-0.4, -0.2) is 59.9 Å². The highest BCUT2D eigenvalue weighted by molar-refractivity contribution is 6.46. The number of carbonyl (C=O) groups excluding carboxylic acids is 2. The number of fused-ring (bicyclic) bond motifs is 1. The maximum absolute atomic E-state index is 13.6. The van der Waals surface area contributed by atoms with E-state index in [0.29, 0.717) is 30.5 Å². The van der Waals surface area contributed by atoms with E-state index in [-0.39, 0.29) is 17.4 Å². The summed E-state index contributed by atoms with van der Waals surface area (Å²) in [5, 5.41) is 11.2. The first-order valence-electron chi connectivity index (χ1n) is 10.7. The molecule has 2 aliphatic rings. The molecular formula is C25H27FN2O4. The molecule has 168 valence electrons. The lowest BCUT2D eigenvalue weighted by atomic mass is 9.94. The minimum Gasteiger partial charge on any atom is -0.507 e. The third kappa shape index (κ3) is 4.12. The van der Waals surface area contributed by atoms with Gasteiger partial charge in [0.15, 0.2) is 0 Å². The number of hydrogen-bond donors (Lipinski definition) is 1. The highest BCUT2D eigenvalue weighted by atomic mass is 19.1. The fraction of sp³-hybridized carbons (Fsp3) is 0.360. The van der Waals surface area contributed by atoms with Crippen LogP contribution in [0.4, 0.5) is 4.39 Å². The molecular weight excluding hydrogens is 411 g/mol. The van der Waals surface area contributed by atoms with E-state index in [9.17, 15) is 19.1 Å². The number of halogens is 1. The Kier molecular flexibility index (Phi) is 6.02. The number of ketones is 1. The number of carbonyl (C=O) groups is 2. The zero-order valence-electron chi connectivity index (χ0n) is 18.5. The van der Waals surface area contributed by atoms with Gasteiger partial charge in [-0.1, -0.05) is 12.1 Å². The second kappa shape index (κ2) is 8.74. The van der Waals surface area contributed by atoms with Crippen molar-refractivity contribution >= 4 is 17.4 Å². The molecule has 4 rings (SSSR count). The molecule has 1 fully saturated rings. The molecule has 0 bridgehead atoms. The molecule has 0 spiro atoms. The predicted octanol–water partition coefficient (Wildman–Crippen LogP) is 3.52. The Hall–Kier alpha value is -3.19. The Morgan fingerprint density at radius 3 is 2.59 bits per heavy atom. The predicted molar refractivity (Wildman–Crippen MR) is 119 cm³/mol. The molecule has 1 N–H and O–H groups in total. The van der Waals surface area contributed by atoms with E-state index in [1.54, 1.807) is 30.3 Å². The highest BCUT2D eigenvalue weighted by Gasteiger charge is 2.45. The zero-order chi connectivity index (χ0) is 23.0. The van der Waals surface area contributed by atoms with Crippen molar-refractivity contribution in [1.29, 1.82) is 0 Å². The molecule has 2 heterocycles. The van der Waals surface area contributed by atoms with Gasteiger partial charge in [-0.3, -0.25) is 9.59 Å². The Morgan fingerprint density at radius 1 is 1.19 bits per heavy atom. The summed E-state index contributed by atoms with van der Waals surface area (Å²) >= 11 is 0. The highest BCUT2D eigenvalue weighted by Crippen LogP contribution is 2.40. The SMILES string of the molecule is CC1Cc2cc(/C(O)=C3\C(=O)C(=O)N(CCCN(C)C)C3c3ccc(F)cc3)ccc2O1. The minimum absolute atomic E-state index is 0.0263. The lowest BCUT2D eigenvalue weighted by molar-refractivity contribution is -0.139. The van der Waals surface area contributed by atoms with Gasteiger partial charge in [0.2, 0.25) is 0 Å². The van der Waals surface area contributed by atoms with Gasteiger partial charge in [0, 0.05) is 18.5 Å². The Morgan fingerprint density at radius 2 is 1.91 bits per heavy atom. The summed E-state index contributed by atoms with van der Waals surface area (Å²) in [6.45, 7) is 3.05. The average Bonchev–Trinajstić information content (AvgIpc) is 3.24. The number of nitrogens with zero attached hydrogens (tertiary/aromatic N) is 2. The lowest BCUT2D eigenvalue weighted by Gasteiger charge is -2.26. The molecule has 2 atom stereocenters. The lowest BCUT2D eigenvalue weighted by Crippen LogP contribution is -2.32. The molecule has 0 radical (unpaired) electrons. The van der Waals surface area contributed by atoms with Crippen LogP contribution in [-0.2, 0) is 16.0 Å². The first-order valence-corrected chi connectivity index (χ1v) is 10.7. The van der Waals surface area contributed by atoms with Crippen molar-refractivity contribution in [2.45, 2.75) is 31.9 Å². The number of rotatable bonds is 6. The van der Waals surface area contributed by atoms with Crippen LogP contribution in [0.2, 0.25) is 0 Å². The van der Waals surface area contributed by atoms with Crippen LogP contribution in [0.15, 0.2) is 48.0 Å². The van der Waals surface area contributed by atoms with E-state index >= 15 is 0 Å². The van der Waals surface area contributed by atoms with Gasteiger partial charge >= 0.3 is 0 Å². The molecule has 0 aromatic heterocycles. The summed E-state index contributed by atoms with van der Waals surface area (Å²) in [5.74, 6) is -1.26. The molecule has 6 nitrogen and oxygen atoms in total. The quantitative estimate of drug-likeness (QED) is 0.425. The molecule has 1 saturated heterocycles. The molecule has 2 aromatic carbocycles. The van der Waals surface area contributed by atoms with Crippen LogP contribution in [0.3, 0.4) is 0 Å². The maximum atomic E-state index is 13.6. The van der Waals surface area contributed by atoms with E-state index < -0.39 is 23.5 Å². The van der Waals surface area contributed by atoms with Gasteiger partial charge in [0.1, 0.15) is 23.4 Å². The van der Waals surface area contributed by atoms with Crippen LogP contribution < -0.4 is 4.74 Å². The van der Waals surface area contributed by atoms with Gasteiger partial charge in [-0.2, -0.15) is 0 Å². The largest absolute Gasteiger partial charge is 0.507 e. The molecule has 1 amide bonds. The van der Waals surface area contributed by atoms with E-state index in [1.807, 2.05) is 25.9 Å². The van der Waals surface area contributed by atoms with E-state index in [0.717, 1.165) is 17.9 Å². The Balaban J connectivity index is 1.77. The number of aliphatic hydroxyl groups is 1. The van der Waals surface area contributed by atoms with Crippen molar-refractivity contribution in [1.82, 2.24) is 9.80 Å². The van der Waals surface area contributed by atoms with Gasteiger partial charge in [-0.05, 0) is 75.4 Å². The first kappa shape index (κ1) is 22.0. The van der Waals surface area contributed by atoms with Gasteiger partial charge in [0.05, 0.1) is 11.6 Å². The normalized spacial score (nSPS) is 21.8. The smallest absolute Gasteiger partial charge is 0.295 e. The number of aliphatic hydroxyl groups excluding tert-OH is 1. The first-order chi connectivity index (χ1) is 15.3. The number of likely N-dealkylation sites (tertiary alicyclic amines) is 1. The van der Waals surface area contributed by atoms with Crippen molar-refractivity contribution < 1.29 is 23.8 Å². The van der Waals surface area contributed by atoms with Crippen LogP contribution >= 0.6 is 0 Å². The Labute approximate surface area is 186 Å². The van der Waals surface area contributed by atoms with Crippen LogP contribution in [0.5, 0.6) is 5.75 Å². The topological polar surface area (TPSA) is 70.1 Å². The van der Waals surface area contributed by atoms with Crippen molar-refractivity contribution in [3.8, 4) is 5.75 Å². The number of ether oxygens (including phenoxy) is 1. The fourth-order valence-electron chi connectivity index (χ4n) is 4.38. The number of hydrogen-bond acceptors (Lipinski definition) is 5. The molecule has 2 aliphatic heterocycles. The van der Waals surface area contributed by atoms with Gasteiger partial charge < -0.3 is 19.6 Å². The van der Waals surface area contributed by atoms with Crippen LogP contribution in [0.1, 0.15) is 36.1 Å². The molecule has 2 unspecified atom stereocenters. The van der Waals surface area contributed by atoms with Crippen molar-refractivity contribution in [3.63, 3.8) is 0 Å². The third-order valence-corrected chi connectivity index (χ3v) is 5.90. The average molecular weight is 438 g/mol. The molecule has 0 aliphatic carbocycles. The molecule has 32 heavy (non-hydrogen) atoms. The summed E-state index contributed by atoms with van der Waals surface area (Å²) in [5.41, 5.74) is 2.01. The van der Waals surface area contributed by atoms with E-state index in [4.69, 9.17) is 4.74 Å². The Bertz CT molecular complexity index is 1080. The van der Waals surface area contributed by atoms with Gasteiger partial charge in [0.25, 0.3) is 11.7 Å². The second-order valence-electron chi connectivity index (χ2n) is 8.66. The molecule has 2 aromatic rings. The number of benzene rings is 2. The number of Topliss-reactive ketones (excluding diaryl/α,β-unsaturated/α-hetero) is 1. The summed E-state index contributed by atoms with van der Waals surface area (Å²) < 4.78 is 19.3. The van der Waals surface area contributed by atoms with Crippen molar-refractivity contribution in [3.05, 3.63) is 70.5 Å². The summed E-state index contributed by atoms with van der Waals surface area (Å²) in [7, 11) is 3.87. The van der Waals surface area contributed by atoms with E-state index in [1.165, 1.54) is 17.0 Å². The van der Waals surface area contributed by atoms with Crippen LogP contribution in [0.25, 0.3) is 5.76 Å². The second-order valence-corrected chi connectivity index (χ2v) is 8.66. The molecule has 7 heteroatoms. The van der Waals surface area contributed by atoms with Crippen molar-refractivity contribution in [2.24, 2.45) is 0 Å². The number of amides is 1. The zero-order valence-corrected chi connectivity index (χ0v) is 18.5. The molecule has 0 saturated carbocycles. The van der Waals surface area contributed by atoms with Gasteiger partial charge in [-0.25, -0.2) is 4.39 Å². The van der Waals surface area contributed by atoms with Crippen LogP contribution in [0, 0.1) is 5.82 Å². The fourth-order valence-corrected chi connectivity index (χ4v) is 4.38. The minimum atomic E-state index is -0.777. The monoisotopic (exact) mass is 438 g/mol. The maximum Gasteiger partial charge on any atom is 0.295 e. The van der Waals surface area contributed by atoms with Gasteiger partial charge in [-0.15, -0.1) is 0 Å². The van der Waals surface area contributed by atoms with Crippen molar-refractivity contribution in [2.75, 3.05) is 27.2 Å². The summed E-state index contributed by atoms with van der Waals surface area (Å²) in [6.07, 6.45) is 1.41. The standard InChI is InChI=1S/C25H27FN2O4/c1-15-13-18-14-17(7-10-20(18)32-15)23(29)21-22(16-5-8-19(26)9-6-16)28(25(31)24(21)30)12-4-11-27(2)3/h5-10,14-15,22,29H,4,11-13H2,1-3H3/b23-21+. The summed E-state index contributed by atoms with van der Waals surface area (Å²) in [6, 6.07) is 10.2. The summed E-state index contributed by atoms with van der Waals surface area (Å²) in [4.78, 5) is 29.4. The van der Waals surface area contributed by atoms with E-state index in [2.05, 4.69) is 0 Å². The third-order valence-electron chi connectivity index (χ3n) is 5.90.